The van der Waals surface area contributed by atoms with Crippen molar-refractivity contribution in [3.63, 3.8) is 0 Å². The van der Waals surface area contributed by atoms with Crippen LogP contribution in [0.4, 0.5) is 4.39 Å². The summed E-state index contributed by atoms with van der Waals surface area (Å²) in [6.45, 7) is 1.61. The minimum absolute atomic E-state index is 0.141. The Labute approximate surface area is 92.8 Å². The van der Waals surface area contributed by atoms with Crippen LogP contribution in [0, 0.1) is 0 Å². The van der Waals surface area contributed by atoms with E-state index in [0.29, 0.717) is 35.5 Å². The topological polar surface area (TPSA) is 38.7 Å². The Morgan fingerprint density at radius 1 is 1.38 bits per heavy atom. The number of alkyl halides is 1. The molecule has 1 N–H and O–H groups in total. The number of aliphatic hydroxyl groups is 1. The Balaban J connectivity index is 2.14. The highest BCUT2D eigenvalue weighted by Gasteiger charge is 2.46. The van der Waals surface area contributed by atoms with Crippen LogP contribution in [0.5, 0.6) is 11.5 Å². The van der Waals surface area contributed by atoms with Crippen LogP contribution in [0.1, 0.15) is 37.1 Å². The minimum atomic E-state index is -1.07. The van der Waals surface area contributed by atoms with Crippen molar-refractivity contribution in [1.82, 2.24) is 0 Å². The summed E-state index contributed by atoms with van der Waals surface area (Å²) < 4.78 is 23.9. The molecule has 0 aromatic heterocycles. The van der Waals surface area contributed by atoms with E-state index in [1.807, 2.05) is 0 Å². The van der Waals surface area contributed by atoms with Gasteiger partial charge in [0.25, 0.3) is 0 Å². The second-order valence-electron chi connectivity index (χ2n) is 4.45. The van der Waals surface area contributed by atoms with E-state index in [2.05, 4.69) is 0 Å². The first-order valence-corrected chi connectivity index (χ1v) is 5.41. The Morgan fingerprint density at radius 2 is 2.12 bits per heavy atom. The summed E-state index contributed by atoms with van der Waals surface area (Å²) in [6.07, 6.45) is 0.329. The van der Waals surface area contributed by atoms with Crippen LogP contribution < -0.4 is 9.47 Å². The van der Waals surface area contributed by atoms with Gasteiger partial charge in [-0.05, 0) is 37.5 Å². The number of ether oxygens (including phenoxy) is 2. The van der Waals surface area contributed by atoms with Crippen LogP contribution in [-0.4, -0.2) is 11.9 Å². The van der Waals surface area contributed by atoms with Gasteiger partial charge in [-0.1, -0.05) is 0 Å². The van der Waals surface area contributed by atoms with E-state index < -0.39 is 11.8 Å². The summed E-state index contributed by atoms with van der Waals surface area (Å²) in [5, 5.41) is 10.1. The molecule has 0 saturated heterocycles. The first kappa shape index (κ1) is 9.90. The van der Waals surface area contributed by atoms with Crippen LogP contribution in [-0.2, 0) is 5.60 Å². The van der Waals surface area contributed by atoms with Gasteiger partial charge in [-0.15, -0.1) is 0 Å². The van der Waals surface area contributed by atoms with Gasteiger partial charge >= 0.3 is 0 Å². The summed E-state index contributed by atoms with van der Waals surface area (Å²) in [6, 6.07) is 3.33. The lowest BCUT2D eigenvalue weighted by molar-refractivity contribution is 0.140. The van der Waals surface area contributed by atoms with Crippen molar-refractivity contribution in [2.75, 3.05) is 6.79 Å². The third-order valence-electron chi connectivity index (χ3n) is 3.18. The summed E-state index contributed by atoms with van der Waals surface area (Å²) in [5.74, 6) is 1.11. The maximum absolute atomic E-state index is 13.3. The summed E-state index contributed by atoms with van der Waals surface area (Å²) in [5.41, 5.74) is 0.365. The van der Waals surface area contributed by atoms with Crippen molar-refractivity contribution in [2.45, 2.75) is 31.5 Å². The molecule has 0 spiro atoms. The second-order valence-corrected chi connectivity index (χ2v) is 4.45. The smallest absolute Gasteiger partial charge is 0.231 e. The predicted octanol–water partition coefficient (Wildman–Crippen LogP) is 2.43. The predicted molar refractivity (Wildman–Crippen MR) is 55.2 cm³/mol. The molecular formula is C12H13FO3. The molecule has 1 aromatic rings. The van der Waals surface area contributed by atoms with Gasteiger partial charge in [0.2, 0.25) is 6.79 Å². The Morgan fingerprint density at radius 3 is 2.75 bits per heavy atom. The van der Waals surface area contributed by atoms with Gasteiger partial charge in [0.15, 0.2) is 11.5 Å². The molecule has 1 aromatic carbocycles. The van der Waals surface area contributed by atoms with Crippen LogP contribution in [0.2, 0.25) is 0 Å². The van der Waals surface area contributed by atoms with Gasteiger partial charge in [-0.25, -0.2) is 4.39 Å². The maximum Gasteiger partial charge on any atom is 0.231 e. The van der Waals surface area contributed by atoms with Gasteiger partial charge in [-0.2, -0.15) is 0 Å². The van der Waals surface area contributed by atoms with E-state index in [0.717, 1.165) is 0 Å². The fraction of sp³-hybridized carbons (Fsp3) is 0.500. The second kappa shape index (κ2) is 3.10. The molecule has 1 atom stereocenters. The zero-order valence-electron chi connectivity index (χ0n) is 9.00. The molecule has 0 amide bonds. The van der Waals surface area contributed by atoms with Crippen LogP contribution in [0.15, 0.2) is 12.1 Å². The molecule has 4 heteroatoms. The largest absolute Gasteiger partial charge is 0.454 e. The molecule has 0 bridgehead atoms. The first-order chi connectivity index (χ1) is 7.60. The molecule has 1 aliphatic heterocycles. The molecule has 1 unspecified atom stereocenters. The number of halogens is 1. The van der Waals surface area contributed by atoms with Crippen molar-refractivity contribution in [3.8, 4) is 11.5 Å². The molecule has 3 nitrogen and oxygen atoms in total. The zero-order valence-corrected chi connectivity index (χ0v) is 9.00. The third-order valence-corrected chi connectivity index (χ3v) is 3.18. The Kier molecular flexibility index (Phi) is 1.92. The van der Waals surface area contributed by atoms with E-state index in [4.69, 9.17) is 9.47 Å². The SMILES string of the molecule is CC(F)c1cc2c(c(C3(O)CC3)c1)OCO2. The van der Waals surface area contributed by atoms with Crippen LogP contribution >= 0.6 is 0 Å². The highest BCUT2D eigenvalue weighted by atomic mass is 19.1. The third kappa shape index (κ3) is 1.37. The molecule has 3 rings (SSSR count). The first-order valence-electron chi connectivity index (χ1n) is 5.41. The van der Waals surface area contributed by atoms with E-state index in [9.17, 15) is 9.50 Å². The molecule has 1 heterocycles. The van der Waals surface area contributed by atoms with E-state index in [1.165, 1.54) is 6.92 Å². The Hall–Kier alpha value is -1.29. The van der Waals surface area contributed by atoms with E-state index in [1.54, 1.807) is 12.1 Å². The highest BCUT2D eigenvalue weighted by Crippen LogP contribution is 2.53. The van der Waals surface area contributed by atoms with E-state index >= 15 is 0 Å². The molecule has 86 valence electrons. The standard InChI is InChI=1S/C12H13FO3/c1-7(13)8-4-9(12(14)2-3-12)11-10(5-8)15-6-16-11/h4-5,7,14H,2-3,6H2,1H3. The summed E-state index contributed by atoms with van der Waals surface area (Å²) >= 11 is 0. The molecule has 0 radical (unpaired) electrons. The fourth-order valence-electron chi connectivity index (χ4n) is 1.99. The molecule has 16 heavy (non-hydrogen) atoms. The van der Waals surface area contributed by atoms with Crippen molar-refractivity contribution < 1.29 is 19.0 Å². The highest BCUT2D eigenvalue weighted by molar-refractivity contribution is 5.54. The van der Waals surface area contributed by atoms with Gasteiger partial charge < -0.3 is 14.6 Å². The quantitative estimate of drug-likeness (QED) is 0.838. The molecular weight excluding hydrogens is 211 g/mol. The number of rotatable bonds is 2. The van der Waals surface area contributed by atoms with Crippen molar-refractivity contribution in [1.29, 1.82) is 0 Å². The average Bonchev–Trinajstić information content (AvgIpc) is 2.82. The zero-order chi connectivity index (χ0) is 11.3. The van der Waals surface area contributed by atoms with Gasteiger partial charge in [-0.3, -0.25) is 0 Å². The van der Waals surface area contributed by atoms with Gasteiger partial charge in [0.1, 0.15) is 6.17 Å². The van der Waals surface area contributed by atoms with E-state index in [-0.39, 0.29) is 6.79 Å². The molecule has 1 fully saturated rings. The average molecular weight is 224 g/mol. The monoisotopic (exact) mass is 224 g/mol. The number of hydrogen-bond acceptors (Lipinski definition) is 3. The van der Waals surface area contributed by atoms with Crippen molar-refractivity contribution in [2.24, 2.45) is 0 Å². The van der Waals surface area contributed by atoms with Gasteiger partial charge in [0.05, 0.1) is 5.60 Å². The molecule has 2 aliphatic rings. The minimum Gasteiger partial charge on any atom is -0.454 e. The maximum atomic E-state index is 13.3. The summed E-state index contributed by atoms with van der Waals surface area (Å²) in [4.78, 5) is 0. The van der Waals surface area contributed by atoms with Crippen molar-refractivity contribution >= 4 is 0 Å². The Bertz CT molecular complexity index is 438. The van der Waals surface area contributed by atoms with Crippen molar-refractivity contribution in [3.05, 3.63) is 23.3 Å². The molecule has 1 saturated carbocycles. The summed E-state index contributed by atoms with van der Waals surface area (Å²) in [7, 11) is 0. The normalized spacial score (nSPS) is 21.9. The number of fused-ring (bicyclic) bond motifs is 1. The molecule has 1 aliphatic carbocycles. The lowest BCUT2D eigenvalue weighted by Crippen LogP contribution is -2.07. The number of benzene rings is 1. The lowest BCUT2D eigenvalue weighted by Gasteiger charge is -2.14. The fourth-order valence-corrected chi connectivity index (χ4v) is 1.99. The lowest BCUT2D eigenvalue weighted by atomic mass is 10.0. The van der Waals surface area contributed by atoms with Gasteiger partial charge in [0, 0.05) is 5.56 Å². The van der Waals surface area contributed by atoms with Crippen LogP contribution in [0.25, 0.3) is 0 Å². The number of hydrogen-bond donors (Lipinski definition) is 1. The van der Waals surface area contributed by atoms with Crippen LogP contribution in [0.3, 0.4) is 0 Å².